The van der Waals surface area contributed by atoms with E-state index in [9.17, 15) is 0 Å². The number of thiophene rings is 2. The van der Waals surface area contributed by atoms with Gasteiger partial charge in [-0.05, 0) is 24.3 Å². The van der Waals surface area contributed by atoms with Gasteiger partial charge in [-0.25, -0.2) is 24.9 Å². The summed E-state index contributed by atoms with van der Waals surface area (Å²) in [6.45, 7) is 0. The van der Waals surface area contributed by atoms with E-state index in [2.05, 4.69) is 82.3 Å². The van der Waals surface area contributed by atoms with Gasteiger partial charge in [0.05, 0.1) is 15.7 Å². The summed E-state index contributed by atoms with van der Waals surface area (Å²) < 4.78 is 6.18. The summed E-state index contributed by atoms with van der Waals surface area (Å²) in [7, 11) is 0. The highest BCUT2D eigenvalue weighted by Crippen LogP contribution is 2.51. The fourth-order valence-corrected chi connectivity index (χ4v) is 9.90. The standard InChI is InChI=1S/C43H24N6S2/c1-3-12-25(13-4-1)40-46-41(26-14-5-2-6-15-26)48-42(47-40)27-16-11-17-28(22-27)49-32-20-9-7-18-29(32)34-35-30-19-8-10-21-33(30)50-38(35)36-31-23-44-24-45-43(31)51-39(36)37(34)49/h1-24H. The van der Waals surface area contributed by atoms with Crippen LogP contribution >= 0.6 is 22.7 Å². The van der Waals surface area contributed by atoms with Crippen molar-refractivity contribution in [2.75, 3.05) is 0 Å². The number of hydrogen-bond donors (Lipinski definition) is 0. The summed E-state index contributed by atoms with van der Waals surface area (Å²) in [6, 6.07) is 46.3. The second-order valence-corrected chi connectivity index (χ2v) is 14.6. The van der Waals surface area contributed by atoms with Gasteiger partial charge < -0.3 is 4.57 Å². The summed E-state index contributed by atoms with van der Waals surface area (Å²) >= 11 is 3.60. The molecule has 0 bridgehead atoms. The molecule has 0 saturated carbocycles. The number of nitrogens with zero attached hydrogens (tertiary/aromatic N) is 6. The highest BCUT2D eigenvalue weighted by atomic mass is 32.1. The zero-order valence-electron chi connectivity index (χ0n) is 26.9. The van der Waals surface area contributed by atoms with Crippen LogP contribution in [-0.2, 0) is 0 Å². The molecule has 0 aliphatic heterocycles. The zero-order chi connectivity index (χ0) is 33.5. The monoisotopic (exact) mass is 688 g/mol. The Bertz CT molecular complexity index is 3090. The maximum atomic E-state index is 5.05. The number of para-hydroxylation sites is 1. The van der Waals surface area contributed by atoms with E-state index in [1.165, 1.54) is 46.5 Å². The molecule has 238 valence electrons. The van der Waals surface area contributed by atoms with Gasteiger partial charge in [0, 0.05) is 70.3 Å². The normalized spacial score (nSPS) is 11.9. The molecular weight excluding hydrogens is 665 g/mol. The van der Waals surface area contributed by atoms with Crippen molar-refractivity contribution in [3.8, 4) is 39.9 Å². The third kappa shape index (κ3) is 4.30. The zero-order valence-corrected chi connectivity index (χ0v) is 28.5. The van der Waals surface area contributed by atoms with E-state index in [1.54, 1.807) is 17.7 Å². The average molecular weight is 689 g/mol. The maximum absolute atomic E-state index is 5.05. The van der Waals surface area contributed by atoms with Crippen LogP contribution in [0.4, 0.5) is 0 Å². The van der Waals surface area contributed by atoms with Gasteiger partial charge in [0.1, 0.15) is 11.2 Å². The molecule has 0 aliphatic rings. The van der Waals surface area contributed by atoms with Crippen molar-refractivity contribution >= 4 is 85.0 Å². The molecule has 6 aromatic carbocycles. The fraction of sp³-hybridized carbons (Fsp3) is 0. The Hall–Kier alpha value is -6.35. The van der Waals surface area contributed by atoms with Gasteiger partial charge in [-0.3, -0.25) is 0 Å². The van der Waals surface area contributed by atoms with Crippen LogP contribution in [0.3, 0.4) is 0 Å². The fourth-order valence-electron chi connectivity index (χ4n) is 7.40. The second kappa shape index (κ2) is 11.1. The number of benzene rings is 6. The third-order valence-electron chi connectivity index (χ3n) is 9.60. The van der Waals surface area contributed by atoms with Gasteiger partial charge in [0.2, 0.25) is 0 Å². The molecule has 11 aromatic rings. The summed E-state index contributed by atoms with van der Waals surface area (Å²) in [4.78, 5) is 25.2. The van der Waals surface area contributed by atoms with Crippen LogP contribution in [0.15, 0.2) is 146 Å². The molecule has 0 unspecified atom stereocenters. The minimum absolute atomic E-state index is 0.624. The maximum Gasteiger partial charge on any atom is 0.164 e. The molecule has 0 radical (unpaired) electrons. The Morgan fingerprint density at radius 3 is 1.90 bits per heavy atom. The van der Waals surface area contributed by atoms with Crippen LogP contribution in [0.25, 0.3) is 102 Å². The van der Waals surface area contributed by atoms with Crippen LogP contribution in [0, 0.1) is 0 Å². The van der Waals surface area contributed by atoms with E-state index in [-0.39, 0.29) is 0 Å². The Morgan fingerprint density at radius 2 is 1.14 bits per heavy atom. The van der Waals surface area contributed by atoms with E-state index in [0.717, 1.165) is 38.1 Å². The summed E-state index contributed by atoms with van der Waals surface area (Å²) in [5.41, 5.74) is 6.15. The van der Waals surface area contributed by atoms with Gasteiger partial charge in [-0.1, -0.05) is 109 Å². The highest BCUT2D eigenvalue weighted by molar-refractivity contribution is 7.30. The molecule has 0 amide bonds. The number of fused-ring (bicyclic) bond motifs is 12. The van der Waals surface area contributed by atoms with Crippen molar-refractivity contribution in [3.05, 3.63) is 146 Å². The summed E-state index contributed by atoms with van der Waals surface area (Å²) in [5.74, 6) is 1.90. The summed E-state index contributed by atoms with van der Waals surface area (Å²) in [5, 5.41) is 7.34. The van der Waals surface area contributed by atoms with Crippen molar-refractivity contribution in [2.45, 2.75) is 0 Å². The largest absolute Gasteiger partial charge is 0.308 e. The average Bonchev–Trinajstić information content (AvgIpc) is 3.88. The molecule has 0 N–H and O–H groups in total. The first-order valence-corrected chi connectivity index (χ1v) is 18.3. The molecule has 5 aromatic heterocycles. The lowest BCUT2D eigenvalue weighted by Crippen LogP contribution is -2.01. The Kier molecular flexibility index (Phi) is 6.19. The highest BCUT2D eigenvalue weighted by Gasteiger charge is 2.25. The van der Waals surface area contributed by atoms with E-state index in [4.69, 9.17) is 19.9 Å². The van der Waals surface area contributed by atoms with Crippen molar-refractivity contribution in [1.29, 1.82) is 0 Å². The lowest BCUT2D eigenvalue weighted by Gasteiger charge is -2.12. The minimum atomic E-state index is 0.624. The first kappa shape index (κ1) is 28.5. The van der Waals surface area contributed by atoms with Crippen molar-refractivity contribution in [1.82, 2.24) is 29.5 Å². The van der Waals surface area contributed by atoms with E-state index >= 15 is 0 Å². The van der Waals surface area contributed by atoms with E-state index in [0.29, 0.717) is 17.5 Å². The van der Waals surface area contributed by atoms with Gasteiger partial charge in [-0.15, -0.1) is 22.7 Å². The Balaban J connectivity index is 1.24. The van der Waals surface area contributed by atoms with Gasteiger partial charge in [-0.2, -0.15) is 0 Å². The quantitative estimate of drug-likeness (QED) is 0.184. The molecule has 8 heteroatoms. The lowest BCUT2D eigenvalue weighted by molar-refractivity contribution is 1.07. The van der Waals surface area contributed by atoms with E-state index < -0.39 is 0 Å². The van der Waals surface area contributed by atoms with Gasteiger partial charge in [0.25, 0.3) is 0 Å². The SMILES string of the molecule is c1ccc(-c2nc(-c3ccccc3)nc(-c3cccc(-n4c5ccccc5c5c6c7ccccc7sc6c6c7cncnc7sc6c54)c3)n2)cc1. The predicted molar refractivity (Wildman–Crippen MR) is 212 cm³/mol. The summed E-state index contributed by atoms with van der Waals surface area (Å²) in [6.07, 6.45) is 3.62. The molecule has 6 nitrogen and oxygen atoms in total. The van der Waals surface area contributed by atoms with Crippen LogP contribution in [0.2, 0.25) is 0 Å². The van der Waals surface area contributed by atoms with Gasteiger partial charge in [0.15, 0.2) is 17.5 Å². The molecule has 0 aliphatic carbocycles. The molecule has 51 heavy (non-hydrogen) atoms. The number of hydrogen-bond acceptors (Lipinski definition) is 7. The first-order valence-electron chi connectivity index (χ1n) is 16.7. The van der Waals surface area contributed by atoms with Crippen LogP contribution in [0.5, 0.6) is 0 Å². The Labute approximate surface area is 299 Å². The third-order valence-corrected chi connectivity index (χ3v) is 11.9. The minimum Gasteiger partial charge on any atom is -0.308 e. The predicted octanol–water partition coefficient (Wildman–Crippen LogP) is 11.5. The number of rotatable bonds is 4. The van der Waals surface area contributed by atoms with Crippen LogP contribution in [0.1, 0.15) is 0 Å². The lowest BCUT2D eigenvalue weighted by atomic mass is 10.0. The molecule has 11 rings (SSSR count). The molecular formula is C43H24N6S2. The molecule has 0 fully saturated rings. The molecule has 0 atom stereocenters. The Morgan fingerprint density at radius 1 is 0.490 bits per heavy atom. The smallest absolute Gasteiger partial charge is 0.164 e. The van der Waals surface area contributed by atoms with Crippen molar-refractivity contribution in [2.24, 2.45) is 0 Å². The molecule has 0 saturated heterocycles. The van der Waals surface area contributed by atoms with Gasteiger partial charge >= 0.3 is 0 Å². The van der Waals surface area contributed by atoms with Crippen LogP contribution in [-0.4, -0.2) is 29.5 Å². The first-order chi connectivity index (χ1) is 25.3. The van der Waals surface area contributed by atoms with Crippen molar-refractivity contribution in [3.63, 3.8) is 0 Å². The van der Waals surface area contributed by atoms with E-state index in [1.807, 2.05) is 78.2 Å². The topological polar surface area (TPSA) is 69.4 Å². The molecule has 5 heterocycles. The van der Waals surface area contributed by atoms with Crippen LogP contribution < -0.4 is 0 Å². The second-order valence-electron chi connectivity index (χ2n) is 12.5. The van der Waals surface area contributed by atoms with Crippen molar-refractivity contribution < 1.29 is 0 Å². The molecule has 0 spiro atoms. The number of aromatic nitrogens is 6.